The van der Waals surface area contributed by atoms with Gasteiger partial charge in [0, 0.05) is 6.04 Å². The lowest BCUT2D eigenvalue weighted by Gasteiger charge is -2.44. The minimum Gasteiger partial charge on any atom is -0.351 e. The van der Waals surface area contributed by atoms with E-state index in [2.05, 4.69) is 29.1 Å². The normalized spacial score (nSPS) is 24.1. The molecule has 76 valence electrons. The molecule has 1 N–H and O–H groups in total. The average molecular weight is 212 g/mol. The van der Waals surface area contributed by atoms with Gasteiger partial charge >= 0.3 is 0 Å². The molecule has 1 aromatic heterocycles. The van der Waals surface area contributed by atoms with Crippen LogP contribution in [0.2, 0.25) is 5.02 Å². The zero-order valence-corrected chi connectivity index (χ0v) is 9.17. The number of hydrogen-bond donors (Lipinski definition) is 1. The SMILES string of the molecule is CC1(C)CCC1Nc1ncc(Cl)cn1. The Morgan fingerprint density at radius 1 is 1.43 bits per heavy atom. The van der Waals surface area contributed by atoms with Crippen LogP contribution < -0.4 is 5.32 Å². The summed E-state index contributed by atoms with van der Waals surface area (Å²) in [5, 5.41) is 3.89. The first-order valence-electron chi connectivity index (χ1n) is 4.82. The van der Waals surface area contributed by atoms with Crippen molar-refractivity contribution in [3.8, 4) is 0 Å². The summed E-state index contributed by atoms with van der Waals surface area (Å²) in [6.07, 6.45) is 5.68. The van der Waals surface area contributed by atoms with Crippen molar-refractivity contribution in [2.45, 2.75) is 32.7 Å². The fraction of sp³-hybridized carbons (Fsp3) is 0.600. The van der Waals surface area contributed by atoms with Crippen LogP contribution in [0.4, 0.5) is 5.95 Å². The smallest absolute Gasteiger partial charge is 0.222 e. The zero-order chi connectivity index (χ0) is 10.2. The number of hydrogen-bond acceptors (Lipinski definition) is 3. The summed E-state index contributed by atoms with van der Waals surface area (Å²) in [7, 11) is 0. The molecule has 1 fully saturated rings. The fourth-order valence-electron chi connectivity index (χ4n) is 1.68. The molecular formula is C10H14ClN3. The molecule has 1 aliphatic carbocycles. The minimum absolute atomic E-state index is 0.364. The van der Waals surface area contributed by atoms with Gasteiger partial charge in [-0.3, -0.25) is 0 Å². The Morgan fingerprint density at radius 3 is 2.50 bits per heavy atom. The minimum atomic E-state index is 0.364. The van der Waals surface area contributed by atoms with Crippen LogP contribution in [0.15, 0.2) is 12.4 Å². The number of halogens is 1. The predicted octanol–water partition coefficient (Wildman–Crippen LogP) is 2.73. The summed E-state index contributed by atoms with van der Waals surface area (Å²) in [6, 6.07) is 0.490. The lowest BCUT2D eigenvalue weighted by Crippen LogP contribution is -2.45. The molecule has 4 heteroatoms. The topological polar surface area (TPSA) is 37.8 Å². The summed E-state index contributed by atoms with van der Waals surface area (Å²) in [5.74, 6) is 0.673. The first-order valence-corrected chi connectivity index (χ1v) is 5.20. The average Bonchev–Trinajstić information content (AvgIpc) is 2.15. The highest BCUT2D eigenvalue weighted by molar-refractivity contribution is 6.30. The molecule has 1 atom stereocenters. The van der Waals surface area contributed by atoms with Gasteiger partial charge < -0.3 is 5.32 Å². The number of nitrogens with one attached hydrogen (secondary N) is 1. The van der Waals surface area contributed by atoms with Crippen LogP contribution in [-0.4, -0.2) is 16.0 Å². The Balaban J connectivity index is 2.01. The van der Waals surface area contributed by atoms with Crippen molar-refractivity contribution in [1.29, 1.82) is 0 Å². The maximum absolute atomic E-state index is 5.70. The van der Waals surface area contributed by atoms with Gasteiger partial charge in [0.25, 0.3) is 0 Å². The maximum atomic E-state index is 5.70. The molecule has 1 heterocycles. The molecule has 0 aliphatic heterocycles. The first-order chi connectivity index (χ1) is 6.58. The van der Waals surface area contributed by atoms with Crippen LogP contribution in [0.5, 0.6) is 0 Å². The van der Waals surface area contributed by atoms with Crippen LogP contribution in [0.1, 0.15) is 26.7 Å². The van der Waals surface area contributed by atoms with Gasteiger partial charge in [0.1, 0.15) is 0 Å². The van der Waals surface area contributed by atoms with Crippen LogP contribution in [0, 0.1) is 5.41 Å². The number of aromatic nitrogens is 2. The van der Waals surface area contributed by atoms with Crippen LogP contribution in [-0.2, 0) is 0 Å². The second-order valence-electron chi connectivity index (χ2n) is 4.45. The molecule has 0 saturated heterocycles. The van der Waals surface area contributed by atoms with E-state index in [-0.39, 0.29) is 0 Å². The van der Waals surface area contributed by atoms with E-state index < -0.39 is 0 Å². The summed E-state index contributed by atoms with van der Waals surface area (Å²) in [4.78, 5) is 8.22. The molecule has 2 rings (SSSR count). The summed E-state index contributed by atoms with van der Waals surface area (Å²) in [6.45, 7) is 4.51. The van der Waals surface area contributed by atoms with Crippen molar-refractivity contribution < 1.29 is 0 Å². The summed E-state index contributed by atoms with van der Waals surface area (Å²) < 4.78 is 0. The third-order valence-electron chi connectivity index (χ3n) is 2.94. The Morgan fingerprint density at radius 2 is 2.07 bits per heavy atom. The summed E-state index contributed by atoms with van der Waals surface area (Å²) in [5.41, 5.74) is 0.364. The van der Waals surface area contributed by atoms with E-state index in [0.717, 1.165) is 0 Å². The number of nitrogens with zero attached hydrogens (tertiary/aromatic N) is 2. The molecule has 1 aromatic rings. The molecule has 0 bridgehead atoms. The van der Waals surface area contributed by atoms with Crippen molar-refractivity contribution in [2.24, 2.45) is 5.41 Å². The van der Waals surface area contributed by atoms with E-state index in [4.69, 9.17) is 11.6 Å². The van der Waals surface area contributed by atoms with Gasteiger partial charge in [-0.15, -0.1) is 0 Å². The largest absolute Gasteiger partial charge is 0.351 e. The molecule has 0 aromatic carbocycles. The predicted molar refractivity (Wildman–Crippen MR) is 57.5 cm³/mol. The Labute approximate surface area is 88.9 Å². The molecule has 1 saturated carbocycles. The third-order valence-corrected chi connectivity index (χ3v) is 3.14. The van der Waals surface area contributed by atoms with Crippen molar-refractivity contribution in [1.82, 2.24) is 9.97 Å². The van der Waals surface area contributed by atoms with Gasteiger partial charge in [-0.05, 0) is 18.3 Å². The van der Waals surface area contributed by atoms with Crippen molar-refractivity contribution in [3.63, 3.8) is 0 Å². The highest BCUT2D eigenvalue weighted by atomic mass is 35.5. The van der Waals surface area contributed by atoms with E-state index in [1.54, 1.807) is 12.4 Å². The molecule has 0 amide bonds. The van der Waals surface area contributed by atoms with E-state index in [0.29, 0.717) is 22.4 Å². The lowest BCUT2D eigenvalue weighted by molar-refractivity contribution is 0.159. The van der Waals surface area contributed by atoms with Crippen molar-refractivity contribution >= 4 is 17.5 Å². The molecular weight excluding hydrogens is 198 g/mol. The highest BCUT2D eigenvalue weighted by Crippen LogP contribution is 2.41. The Kier molecular flexibility index (Phi) is 2.35. The third kappa shape index (κ3) is 1.82. The van der Waals surface area contributed by atoms with Gasteiger partial charge in [-0.1, -0.05) is 25.4 Å². The molecule has 1 unspecified atom stereocenters. The van der Waals surface area contributed by atoms with Gasteiger partial charge in [0.2, 0.25) is 5.95 Å². The second kappa shape index (κ2) is 3.39. The Bertz CT molecular complexity index is 321. The standard InChI is InChI=1S/C10H14ClN3/c1-10(2)4-3-8(10)14-9-12-5-7(11)6-13-9/h5-6,8H,3-4H2,1-2H3,(H,12,13,14). The van der Waals surface area contributed by atoms with Crippen LogP contribution in [0.3, 0.4) is 0 Å². The monoisotopic (exact) mass is 211 g/mol. The first kappa shape index (κ1) is 9.71. The molecule has 1 aliphatic rings. The van der Waals surface area contributed by atoms with Crippen molar-refractivity contribution in [3.05, 3.63) is 17.4 Å². The van der Waals surface area contributed by atoms with Gasteiger partial charge in [-0.2, -0.15) is 0 Å². The van der Waals surface area contributed by atoms with Crippen LogP contribution in [0.25, 0.3) is 0 Å². The molecule has 0 radical (unpaired) electrons. The number of rotatable bonds is 2. The summed E-state index contributed by atoms with van der Waals surface area (Å²) >= 11 is 5.70. The van der Waals surface area contributed by atoms with E-state index in [1.165, 1.54) is 12.8 Å². The molecule has 0 spiro atoms. The fourth-order valence-corrected chi connectivity index (χ4v) is 1.77. The second-order valence-corrected chi connectivity index (χ2v) is 4.89. The van der Waals surface area contributed by atoms with E-state index >= 15 is 0 Å². The van der Waals surface area contributed by atoms with E-state index in [9.17, 15) is 0 Å². The maximum Gasteiger partial charge on any atom is 0.222 e. The van der Waals surface area contributed by atoms with Gasteiger partial charge in [0.15, 0.2) is 0 Å². The van der Waals surface area contributed by atoms with Gasteiger partial charge in [-0.25, -0.2) is 9.97 Å². The zero-order valence-electron chi connectivity index (χ0n) is 8.42. The van der Waals surface area contributed by atoms with Crippen molar-refractivity contribution in [2.75, 3.05) is 5.32 Å². The highest BCUT2D eigenvalue weighted by Gasteiger charge is 2.38. The quantitative estimate of drug-likeness (QED) is 0.818. The molecule has 14 heavy (non-hydrogen) atoms. The molecule has 3 nitrogen and oxygen atoms in total. The van der Waals surface area contributed by atoms with Crippen LogP contribution >= 0.6 is 11.6 Å². The lowest BCUT2D eigenvalue weighted by atomic mass is 9.67. The van der Waals surface area contributed by atoms with E-state index in [1.807, 2.05) is 0 Å². The number of anilines is 1. The Hall–Kier alpha value is -0.830. The van der Waals surface area contributed by atoms with Gasteiger partial charge in [0.05, 0.1) is 17.4 Å².